The third kappa shape index (κ3) is 4.51. The number of hydrogen-bond donors (Lipinski definition) is 1. The number of halogens is 1. The Hall–Kier alpha value is -0.580. The number of ether oxygens (including phenoxy) is 1. The summed E-state index contributed by atoms with van der Waals surface area (Å²) in [6.07, 6.45) is 1.00. The lowest BCUT2D eigenvalue weighted by atomic mass is 10.2. The van der Waals surface area contributed by atoms with E-state index in [0.29, 0.717) is 6.61 Å². The third-order valence-electron chi connectivity index (χ3n) is 2.19. The number of rotatable bonds is 6. The van der Waals surface area contributed by atoms with Gasteiger partial charge in [-0.05, 0) is 54.1 Å². The first-order chi connectivity index (χ1) is 7.63. The molecule has 1 aromatic carbocycles. The minimum Gasteiger partial charge on any atom is -0.492 e. The second-order valence-corrected chi connectivity index (χ2v) is 4.78. The van der Waals surface area contributed by atoms with Crippen LogP contribution in [0.2, 0.25) is 0 Å². The van der Waals surface area contributed by atoms with E-state index >= 15 is 0 Å². The average molecular weight is 288 g/mol. The van der Waals surface area contributed by atoms with Crippen LogP contribution in [0.1, 0.15) is 12.0 Å². The SMILES string of the molecule is CN(C)CCCOc1ccc(CO)cc1Br. The smallest absolute Gasteiger partial charge is 0.133 e. The second-order valence-electron chi connectivity index (χ2n) is 3.93. The van der Waals surface area contributed by atoms with Gasteiger partial charge in [0, 0.05) is 6.54 Å². The molecule has 1 rings (SSSR count). The molecule has 0 aliphatic heterocycles. The lowest BCUT2D eigenvalue weighted by Crippen LogP contribution is -2.15. The average Bonchev–Trinajstić information content (AvgIpc) is 2.25. The molecule has 0 saturated heterocycles. The van der Waals surface area contributed by atoms with Crippen molar-refractivity contribution in [1.82, 2.24) is 4.90 Å². The number of aliphatic hydroxyl groups is 1. The topological polar surface area (TPSA) is 32.7 Å². The Kier molecular flexibility index (Phi) is 5.80. The van der Waals surface area contributed by atoms with Gasteiger partial charge in [-0.3, -0.25) is 0 Å². The molecule has 1 N–H and O–H groups in total. The van der Waals surface area contributed by atoms with Gasteiger partial charge in [-0.2, -0.15) is 0 Å². The zero-order valence-electron chi connectivity index (χ0n) is 9.74. The summed E-state index contributed by atoms with van der Waals surface area (Å²) in [6.45, 7) is 1.78. The van der Waals surface area contributed by atoms with E-state index in [-0.39, 0.29) is 6.61 Å². The van der Waals surface area contributed by atoms with Gasteiger partial charge in [0.15, 0.2) is 0 Å². The molecule has 0 atom stereocenters. The van der Waals surface area contributed by atoms with Crippen LogP contribution in [0.25, 0.3) is 0 Å². The van der Waals surface area contributed by atoms with Crippen molar-refractivity contribution in [3.8, 4) is 5.75 Å². The van der Waals surface area contributed by atoms with Gasteiger partial charge < -0.3 is 14.7 Å². The van der Waals surface area contributed by atoms with E-state index < -0.39 is 0 Å². The third-order valence-corrected chi connectivity index (χ3v) is 2.81. The highest BCUT2D eigenvalue weighted by Crippen LogP contribution is 2.26. The maximum Gasteiger partial charge on any atom is 0.133 e. The minimum absolute atomic E-state index is 0.0551. The van der Waals surface area contributed by atoms with Gasteiger partial charge in [0.1, 0.15) is 5.75 Å². The molecule has 0 fully saturated rings. The lowest BCUT2D eigenvalue weighted by Gasteiger charge is -2.11. The van der Waals surface area contributed by atoms with E-state index in [1.54, 1.807) is 0 Å². The van der Waals surface area contributed by atoms with Gasteiger partial charge in [0.05, 0.1) is 17.7 Å². The maximum absolute atomic E-state index is 8.96. The highest BCUT2D eigenvalue weighted by atomic mass is 79.9. The summed E-state index contributed by atoms with van der Waals surface area (Å²) in [5, 5.41) is 8.96. The maximum atomic E-state index is 8.96. The lowest BCUT2D eigenvalue weighted by molar-refractivity contribution is 0.276. The van der Waals surface area contributed by atoms with Crippen molar-refractivity contribution < 1.29 is 9.84 Å². The van der Waals surface area contributed by atoms with Crippen LogP contribution in [0.5, 0.6) is 5.75 Å². The molecule has 0 bridgehead atoms. The molecule has 0 spiro atoms. The Balaban J connectivity index is 2.42. The van der Waals surface area contributed by atoms with Gasteiger partial charge in [-0.1, -0.05) is 6.07 Å². The molecule has 0 saturated carbocycles. The molecular formula is C12H18BrNO2. The fraction of sp³-hybridized carbons (Fsp3) is 0.500. The minimum atomic E-state index is 0.0551. The molecule has 0 radical (unpaired) electrons. The first-order valence-electron chi connectivity index (χ1n) is 5.30. The van der Waals surface area contributed by atoms with Crippen molar-refractivity contribution in [2.45, 2.75) is 13.0 Å². The molecule has 0 amide bonds. The first kappa shape index (κ1) is 13.5. The first-order valence-corrected chi connectivity index (χ1v) is 6.09. The molecule has 16 heavy (non-hydrogen) atoms. The van der Waals surface area contributed by atoms with Gasteiger partial charge >= 0.3 is 0 Å². The van der Waals surface area contributed by atoms with Gasteiger partial charge in [-0.25, -0.2) is 0 Å². The molecule has 0 aliphatic rings. The monoisotopic (exact) mass is 287 g/mol. The standard InChI is InChI=1S/C12H18BrNO2/c1-14(2)6-3-7-16-12-5-4-10(9-15)8-11(12)13/h4-5,8,15H,3,6-7,9H2,1-2H3. The van der Waals surface area contributed by atoms with Crippen molar-refractivity contribution >= 4 is 15.9 Å². The molecule has 0 unspecified atom stereocenters. The quantitative estimate of drug-likeness (QED) is 0.815. The predicted octanol–water partition coefficient (Wildman–Crippen LogP) is 2.27. The Morgan fingerprint density at radius 3 is 2.69 bits per heavy atom. The van der Waals surface area contributed by atoms with Crippen LogP contribution in [-0.4, -0.2) is 37.3 Å². The van der Waals surface area contributed by atoms with Crippen LogP contribution in [0.4, 0.5) is 0 Å². The van der Waals surface area contributed by atoms with Crippen molar-refractivity contribution in [3.63, 3.8) is 0 Å². The van der Waals surface area contributed by atoms with Crippen molar-refractivity contribution in [3.05, 3.63) is 28.2 Å². The molecule has 90 valence electrons. The molecule has 4 heteroatoms. The van der Waals surface area contributed by atoms with E-state index in [1.807, 2.05) is 32.3 Å². The summed E-state index contributed by atoms with van der Waals surface area (Å²) in [5.74, 6) is 0.830. The summed E-state index contributed by atoms with van der Waals surface area (Å²) in [7, 11) is 4.10. The zero-order chi connectivity index (χ0) is 12.0. The van der Waals surface area contributed by atoms with Crippen LogP contribution >= 0.6 is 15.9 Å². The van der Waals surface area contributed by atoms with Crippen molar-refractivity contribution in [2.24, 2.45) is 0 Å². The zero-order valence-corrected chi connectivity index (χ0v) is 11.3. The Morgan fingerprint density at radius 1 is 1.38 bits per heavy atom. The van der Waals surface area contributed by atoms with E-state index in [2.05, 4.69) is 20.8 Å². The highest BCUT2D eigenvalue weighted by molar-refractivity contribution is 9.10. The molecule has 0 aromatic heterocycles. The summed E-state index contributed by atoms with van der Waals surface area (Å²) >= 11 is 3.42. The Labute approximate surface area is 105 Å². The van der Waals surface area contributed by atoms with Gasteiger partial charge in [0.25, 0.3) is 0 Å². The van der Waals surface area contributed by atoms with E-state index in [9.17, 15) is 0 Å². The van der Waals surface area contributed by atoms with Gasteiger partial charge in [0.2, 0.25) is 0 Å². The highest BCUT2D eigenvalue weighted by Gasteiger charge is 2.02. The van der Waals surface area contributed by atoms with Crippen LogP contribution in [0.3, 0.4) is 0 Å². The number of nitrogens with zero attached hydrogens (tertiary/aromatic N) is 1. The summed E-state index contributed by atoms with van der Waals surface area (Å²) in [5.41, 5.74) is 0.882. The predicted molar refractivity (Wildman–Crippen MR) is 68.7 cm³/mol. The number of benzene rings is 1. The summed E-state index contributed by atoms with van der Waals surface area (Å²) in [4.78, 5) is 2.13. The largest absolute Gasteiger partial charge is 0.492 e. The normalized spacial score (nSPS) is 10.8. The fourth-order valence-corrected chi connectivity index (χ4v) is 1.86. The van der Waals surface area contributed by atoms with E-state index in [1.165, 1.54) is 0 Å². The fourth-order valence-electron chi connectivity index (χ4n) is 1.32. The van der Waals surface area contributed by atoms with Gasteiger partial charge in [-0.15, -0.1) is 0 Å². The van der Waals surface area contributed by atoms with Crippen LogP contribution < -0.4 is 4.74 Å². The Bertz CT molecular complexity index is 329. The summed E-state index contributed by atoms with van der Waals surface area (Å²) < 4.78 is 6.52. The number of aliphatic hydroxyl groups excluding tert-OH is 1. The van der Waals surface area contributed by atoms with Crippen molar-refractivity contribution in [2.75, 3.05) is 27.2 Å². The molecule has 1 aromatic rings. The molecular weight excluding hydrogens is 270 g/mol. The summed E-state index contributed by atoms with van der Waals surface area (Å²) in [6, 6.07) is 5.62. The Morgan fingerprint density at radius 2 is 2.12 bits per heavy atom. The van der Waals surface area contributed by atoms with Crippen molar-refractivity contribution in [1.29, 1.82) is 0 Å². The molecule has 3 nitrogen and oxygen atoms in total. The second kappa shape index (κ2) is 6.89. The van der Waals surface area contributed by atoms with Crippen LogP contribution in [0.15, 0.2) is 22.7 Å². The molecule has 0 heterocycles. The van der Waals surface area contributed by atoms with E-state index in [4.69, 9.17) is 9.84 Å². The van der Waals surface area contributed by atoms with E-state index in [0.717, 1.165) is 28.8 Å². The van der Waals surface area contributed by atoms with Crippen LogP contribution in [0, 0.1) is 0 Å². The molecule has 0 aliphatic carbocycles. The van der Waals surface area contributed by atoms with Crippen LogP contribution in [-0.2, 0) is 6.61 Å². The number of hydrogen-bond acceptors (Lipinski definition) is 3.